The normalized spacial score (nSPS) is 10.7. The van der Waals surface area contributed by atoms with Gasteiger partial charge in [0.2, 0.25) is 0 Å². The molecule has 0 aliphatic heterocycles. The minimum Gasteiger partial charge on any atom is -0.512 e. The average molecular weight is 1640 g/mol. The summed E-state index contributed by atoms with van der Waals surface area (Å²) in [4.78, 5) is 31.3. The number of hydrogen-bond acceptors (Lipinski definition) is 8. The van der Waals surface area contributed by atoms with Crippen LogP contribution in [0.2, 0.25) is 0 Å². The van der Waals surface area contributed by atoms with E-state index in [0.717, 1.165) is 67.5 Å². The monoisotopic (exact) mass is 1640 g/mol. The number of pyridine rings is 2. The van der Waals surface area contributed by atoms with Crippen molar-refractivity contribution in [1.29, 1.82) is 0 Å². The number of aryl methyl sites for hydroxylation is 2. The van der Waals surface area contributed by atoms with E-state index in [1.807, 2.05) is 157 Å². The van der Waals surface area contributed by atoms with Gasteiger partial charge >= 0.3 is 0 Å². The molecule has 0 aliphatic carbocycles. The minimum atomic E-state index is -0.417. The second-order valence-electron chi connectivity index (χ2n) is 21.1. The number of aromatic nitrogens is 6. The number of allylic oxidation sites excluding steroid dienone is 2. The van der Waals surface area contributed by atoms with E-state index in [1.54, 1.807) is 18.6 Å². The van der Waals surface area contributed by atoms with Crippen LogP contribution in [0.25, 0.3) is 67.4 Å². The predicted octanol–water partition coefficient (Wildman–Crippen LogP) is 17.6. The van der Waals surface area contributed by atoms with Gasteiger partial charge in [-0.25, -0.2) is 0 Å². The quantitative estimate of drug-likeness (QED) is 0.0819. The van der Waals surface area contributed by atoms with E-state index < -0.39 is 5.41 Å². The van der Waals surface area contributed by atoms with Gasteiger partial charge in [-0.05, 0) is 78.0 Å². The first kappa shape index (κ1) is 66.9. The van der Waals surface area contributed by atoms with Gasteiger partial charge in [-0.2, -0.15) is 5.10 Å². The number of rotatable bonds is 10. The van der Waals surface area contributed by atoms with Gasteiger partial charge in [-0.3, -0.25) is 19.4 Å². The first-order valence-electron chi connectivity index (χ1n) is 26.8. The molecule has 0 bridgehead atoms. The number of hydrogen-bond donors (Lipinski definition) is 1. The number of carbonyl (C=O) groups is 1. The van der Waals surface area contributed by atoms with Crippen LogP contribution in [0.1, 0.15) is 47.1 Å². The number of ketones is 1. The van der Waals surface area contributed by atoms with Crippen LogP contribution in [0.5, 0.6) is 0 Å². The summed E-state index contributed by atoms with van der Waals surface area (Å²) in [5.74, 6) is 0.808. The third-order valence-corrected chi connectivity index (χ3v) is 12.8. The molecule has 4 aromatic heterocycles. The third-order valence-electron chi connectivity index (χ3n) is 12.8. The topological polar surface area (TPSA) is 110 Å². The van der Waals surface area contributed by atoms with Crippen LogP contribution < -0.4 is 4.90 Å². The second kappa shape index (κ2) is 32.2. The molecule has 12 heteroatoms. The van der Waals surface area contributed by atoms with E-state index in [1.165, 1.54) is 22.8 Å². The maximum atomic E-state index is 11.5. The molecule has 4 heterocycles. The number of aliphatic hydroxyl groups is 1. The van der Waals surface area contributed by atoms with Gasteiger partial charge in [0, 0.05) is 138 Å². The molecule has 1 N–H and O–H groups in total. The Balaban J connectivity index is 0.000000213. The molecule has 0 aliphatic rings. The molecule has 0 amide bonds. The Bertz CT molecular complexity index is 3700. The number of para-hydroxylation sites is 2. The van der Waals surface area contributed by atoms with Crippen LogP contribution in [0.4, 0.5) is 17.1 Å². The van der Waals surface area contributed by atoms with Gasteiger partial charge in [-0.1, -0.05) is 162 Å². The molecular weight excluding hydrogens is 1570 g/mol. The summed E-state index contributed by atoms with van der Waals surface area (Å²) >= 11 is 0. The van der Waals surface area contributed by atoms with Crippen molar-refractivity contribution in [1.82, 2.24) is 29.7 Å². The van der Waals surface area contributed by atoms with Crippen LogP contribution in [0, 0.1) is 36.0 Å². The Morgan fingerprint density at radius 1 is 0.464 bits per heavy atom. The van der Waals surface area contributed by atoms with Crippen LogP contribution in [0.15, 0.2) is 255 Å². The average Bonchev–Trinajstić information content (AvgIpc) is 4.10. The van der Waals surface area contributed by atoms with Crippen molar-refractivity contribution in [2.75, 3.05) is 4.90 Å². The van der Waals surface area contributed by atoms with E-state index in [4.69, 9.17) is 0 Å². The third kappa shape index (κ3) is 19.1. The first-order valence-corrected chi connectivity index (χ1v) is 26.8. The summed E-state index contributed by atoms with van der Waals surface area (Å²) < 4.78 is 1.86. The van der Waals surface area contributed by atoms with Crippen LogP contribution in [0.3, 0.4) is 0 Å². The van der Waals surface area contributed by atoms with Gasteiger partial charge in [0.25, 0.3) is 0 Å². The number of carbonyl (C=O) groups excluding carboxylic acids is 1. The Kier molecular flexibility index (Phi) is 25.7. The maximum absolute atomic E-state index is 11.5. The van der Waals surface area contributed by atoms with Crippen molar-refractivity contribution in [2.24, 2.45) is 17.9 Å². The molecule has 11 aromatic rings. The van der Waals surface area contributed by atoms with Crippen molar-refractivity contribution in [3.63, 3.8) is 0 Å². The molecule has 0 unspecified atom stereocenters. The summed E-state index contributed by atoms with van der Waals surface area (Å²) in [5.41, 5.74) is 15.3. The summed E-state index contributed by atoms with van der Waals surface area (Å²) in [7, 11) is 1.94. The van der Waals surface area contributed by atoms with E-state index in [-0.39, 0.29) is 77.3 Å². The summed E-state index contributed by atoms with van der Waals surface area (Å²) in [6.45, 7) is 13.2. The Hall–Kier alpha value is -7.91. The van der Waals surface area contributed by atoms with Gasteiger partial charge in [0.15, 0.2) is 5.78 Å². The fourth-order valence-electron chi connectivity index (χ4n) is 8.25. The summed E-state index contributed by atoms with van der Waals surface area (Å²) in [5, 5.41) is 13.8. The largest absolute Gasteiger partial charge is 0.512 e. The van der Waals surface area contributed by atoms with Crippen molar-refractivity contribution in [2.45, 2.75) is 48.5 Å². The zero-order valence-electron chi connectivity index (χ0n) is 48.2. The molecule has 0 saturated heterocycles. The maximum Gasteiger partial charge on any atom is 0.164 e. The van der Waals surface area contributed by atoms with Gasteiger partial charge in [0.05, 0.1) is 5.82 Å². The summed E-state index contributed by atoms with van der Waals surface area (Å²) in [6, 6.07) is 81.5. The van der Waals surface area contributed by atoms with E-state index in [9.17, 15) is 9.90 Å². The second-order valence-corrected chi connectivity index (χ2v) is 21.1. The zero-order chi connectivity index (χ0) is 57.2. The number of nitrogens with zero attached hydrogens (tertiary/aromatic N) is 7. The Labute approximate surface area is 536 Å². The van der Waals surface area contributed by atoms with Gasteiger partial charge in [-0.15, -0.1) is 101 Å². The van der Waals surface area contributed by atoms with E-state index >= 15 is 0 Å². The van der Waals surface area contributed by atoms with E-state index in [2.05, 4.69) is 176 Å². The summed E-state index contributed by atoms with van der Waals surface area (Å²) in [6.07, 6.45) is 10.3. The predicted molar refractivity (Wildman–Crippen MR) is 330 cm³/mol. The minimum absolute atomic E-state index is 0. The SMILES string of the molecule is CC(C)(C)C(=O)C=C(O)C(C)(C)C.Cc1ccnc(-c2[c-]ccc(-c3ccnn3C)c2)c1.[Ir].[Ir].[Ir].[c-]1ccc(-c2ccccc2)cc1-c1cc(N(c2ccccc2)c2ccccc2)ccn1.[c-]1ccc(-c2ccccc2)cc1-c1ncccn1. The number of benzene rings is 7. The molecular formula is C72H66Ir3N7O2-3. The van der Waals surface area contributed by atoms with Crippen LogP contribution in [-0.2, 0) is 72.2 Å². The van der Waals surface area contributed by atoms with Crippen molar-refractivity contribution in [3.8, 4) is 67.4 Å². The van der Waals surface area contributed by atoms with Crippen LogP contribution >= 0.6 is 0 Å². The fraction of sp³-hybridized carbons (Fsp3) is 0.139. The molecule has 7 aromatic carbocycles. The molecule has 0 saturated carbocycles. The molecule has 0 spiro atoms. The smallest absolute Gasteiger partial charge is 0.164 e. The first-order chi connectivity index (χ1) is 39.1. The Morgan fingerprint density at radius 3 is 1.39 bits per heavy atom. The van der Waals surface area contributed by atoms with Gasteiger partial charge < -0.3 is 20.0 Å². The fourth-order valence-corrected chi connectivity index (χ4v) is 8.25. The standard InChI is InChI=1S/C29H21N2.C16H14N3.C16H11N2.C11H20O2.3Ir/c1-4-11-23(12-5-1)24-13-10-14-25(21-24)29-22-28(19-20-30-29)31(26-15-6-2-7-16-26)27-17-8-3-9-18-27;1-12-6-8-17-15(10-12)13-4-3-5-14(11-13)16-7-9-18-19(16)2;1-2-6-13(7-3-1)14-8-4-9-15(12-14)16-17-10-5-11-18-16;1-10(2,3)8(12)7-9(13)11(4,5)6;;;/h1-13,15-22H;3,5-11H,1-2H3;1-8,10-12H;7,12H,1-6H3;;;/q3*-1;;;;. The van der Waals surface area contributed by atoms with Crippen molar-refractivity contribution >= 4 is 22.8 Å². The van der Waals surface area contributed by atoms with Gasteiger partial charge in [0.1, 0.15) is 5.76 Å². The zero-order valence-corrected chi connectivity index (χ0v) is 55.3. The Morgan fingerprint density at radius 2 is 0.917 bits per heavy atom. The molecule has 431 valence electrons. The van der Waals surface area contributed by atoms with Crippen molar-refractivity contribution < 1.29 is 70.2 Å². The van der Waals surface area contributed by atoms with E-state index in [0.29, 0.717) is 5.82 Å². The number of aliphatic hydroxyl groups excluding tert-OH is 1. The molecule has 0 atom stereocenters. The van der Waals surface area contributed by atoms with Crippen molar-refractivity contribution in [3.05, 3.63) is 279 Å². The molecule has 84 heavy (non-hydrogen) atoms. The van der Waals surface area contributed by atoms with Crippen LogP contribution in [-0.4, -0.2) is 40.6 Å². The molecule has 11 rings (SSSR count). The molecule has 9 nitrogen and oxygen atoms in total. The molecule has 0 fully saturated rings. The molecule has 3 radical (unpaired) electrons. The number of anilines is 3.